The lowest BCUT2D eigenvalue weighted by Crippen LogP contribution is -1.96. The van der Waals surface area contributed by atoms with Crippen molar-refractivity contribution in [2.75, 3.05) is 5.32 Å². The van der Waals surface area contributed by atoms with E-state index in [1.165, 1.54) is 33.4 Å². The minimum atomic E-state index is 0.856. The molecule has 0 aliphatic heterocycles. The summed E-state index contributed by atoms with van der Waals surface area (Å²) < 4.78 is 0. The molecule has 4 aromatic rings. The third kappa shape index (κ3) is 2.97. The molecule has 0 saturated heterocycles. The normalized spacial score (nSPS) is 11.1. The molecule has 0 aliphatic rings. The van der Waals surface area contributed by atoms with Crippen molar-refractivity contribution in [1.29, 1.82) is 0 Å². The zero-order chi connectivity index (χ0) is 18.3. The molecule has 2 aromatic carbocycles. The van der Waals surface area contributed by atoms with E-state index in [-0.39, 0.29) is 0 Å². The summed E-state index contributed by atoms with van der Waals surface area (Å²) in [4.78, 5) is 10.0. The Labute approximate surface area is 157 Å². The molecule has 0 atom stereocenters. The quantitative estimate of drug-likeness (QED) is 0.464. The van der Waals surface area contributed by atoms with Crippen LogP contribution in [0.1, 0.15) is 22.3 Å². The Morgan fingerprint density at radius 2 is 1.65 bits per heavy atom. The third-order valence-electron chi connectivity index (χ3n) is 4.81. The lowest BCUT2D eigenvalue weighted by atomic mass is 9.99. The minimum Gasteiger partial charge on any atom is -0.340 e. The molecule has 3 nitrogen and oxygen atoms in total. The summed E-state index contributed by atoms with van der Waals surface area (Å²) in [5.74, 6) is 0.856. The van der Waals surface area contributed by atoms with Crippen molar-refractivity contribution in [3.63, 3.8) is 0 Å². The Bertz CT molecular complexity index is 1110. The monoisotopic (exact) mass is 359 g/mol. The Balaban J connectivity index is 1.85. The first kappa shape index (κ1) is 16.7. The van der Waals surface area contributed by atoms with E-state index < -0.39 is 0 Å². The maximum atomic E-state index is 4.54. The first-order chi connectivity index (χ1) is 12.5. The SMILES string of the molecule is Cc1ccc(-c2csc3ncnc(Nc4ccc(C)c(C)c4)c23)c(C)c1. The maximum Gasteiger partial charge on any atom is 0.143 e. The second-order valence-corrected chi connectivity index (χ2v) is 7.65. The Morgan fingerprint density at radius 3 is 2.42 bits per heavy atom. The van der Waals surface area contributed by atoms with Gasteiger partial charge in [0.2, 0.25) is 0 Å². The van der Waals surface area contributed by atoms with Gasteiger partial charge in [-0.3, -0.25) is 0 Å². The molecule has 0 radical (unpaired) electrons. The van der Waals surface area contributed by atoms with E-state index >= 15 is 0 Å². The smallest absolute Gasteiger partial charge is 0.143 e. The maximum absolute atomic E-state index is 4.54. The van der Waals surface area contributed by atoms with Crippen molar-refractivity contribution in [2.45, 2.75) is 27.7 Å². The average molecular weight is 359 g/mol. The standard InChI is InChI=1S/C22H21N3S/c1-13-5-8-18(16(4)9-13)19-11-26-22-20(19)21(23-12-24-22)25-17-7-6-14(2)15(3)10-17/h5-12H,1-4H3,(H,23,24,25). The van der Waals surface area contributed by atoms with E-state index in [0.717, 1.165) is 21.7 Å². The van der Waals surface area contributed by atoms with Crippen molar-refractivity contribution < 1.29 is 0 Å². The molecule has 0 fully saturated rings. The molecule has 2 heterocycles. The number of aromatic nitrogens is 2. The van der Waals surface area contributed by atoms with E-state index in [0.29, 0.717) is 0 Å². The number of anilines is 2. The molecule has 130 valence electrons. The van der Waals surface area contributed by atoms with E-state index in [1.54, 1.807) is 17.7 Å². The van der Waals surface area contributed by atoms with Crippen molar-refractivity contribution in [1.82, 2.24) is 9.97 Å². The van der Waals surface area contributed by atoms with Crippen LogP contribution in [-0.2, 0) is 0 Å². The summed E-state index contributed by atoms with van der Waals surface area (Å²) >= 11 is 1.66. The van der Waals surface area contributed by atoms with E-state index in [4.69, 9.17) is 0 Å². The van der Waals surface area contributed by atoms with Crippen LogP contribution in [0.5, 0.6) is 0 Å². The lowest BCUT2D eigenvalue weighted by molar-refractivity contribution is 1.23. The van der Waals surface area contributed by atoms with Crippen LogP contribution in [0.25, 0.3) is 21.3 Å². The molecule has 0 saturated carbocycles. The Kier molecular flexibility index (Phi) is 4.21. The Morgan fingerprint density at radius 1 is 0.808 bits per heavy atom. The van der Waals surface area contributed by atoms with Gasteiger partial charge in [-0.25, -0.2) is 9.97 Å². The van der Waals surface area contributed by atoms with E-state index in [1.807, 2.05) is 0 Å². The number of nitrogens with zero attached hydrogens (tertiary/aromatic N) is 2. The number of aryl methyl sites for hydroxylation is 4. The predicted molar refractivity (Wildman–Crippen MR) is 112 cm³/mol. The highest BCUT2D eigenvalue weighted by Gasteiger charge is 2.15. The van der Waals surface area contributed by atoms with Gasteiger partial charge in [-0.2, -0.15) is 0 Å². The second-order valence-electron chi connectivity index (χ2n) is 6.79. The van der Waals surface area contributed by atoms with Crippen LogP contribution in [-0.4, -0.2) is 9.97 Å². The molecule has 0 spiro atoms. The molecule has 4 heteroatoms. The summed E-state index contributed by atoms with van der Waals surface area (Å²) in [5, 5.41) is 6.77. The van der Waals surface area contributed by atoms with Crippen LogP contribution in [0.3, 0.4) is 0 Å². The molecule has 0 bridgehead atoms. The molecule has 26 heavy (non-hydrogen) atoms. The van der Waals surface area contributed by atoms with E-state index in [9.17, 15) is 0 Å². The highest BCUT2D eigenvalue weighted by Crippen LogP contribution is 2.38. The summed E-state index contributed by atoms with van der Waals surface area (Å²) in [6.07, 6.45) is 1.63. The molecular formula is C22H21N3S. The summed E-state index contributed by atoms with van der Waals surface area (Å²) in [5.41, 5.74) is 8.57. The van der Waals surface area contributed by atoms with Crippen LogP contribution >= 0.6 is 11.3 Å². The van der Waals surface area contributed by atoms with Crippen molar-refractivity contribution in [3.8, 4) is 11.1 Å². The van der Waals surface area contributed by atoms with Crippen molar-refractivity contribution in [2.24, 2.45) is 0 Å². The van der Waals surface area contributed by atoms with Crippen LogP contribution in [0, 0.1) is 27.7 Å². The first-order valence-electron chi connectivity index (χ1n) is 8.67. The second kappa shape index (κ2) is 6.54. The van der Waals surface area contributed by atoms with Gasteiger partial charge in [0.15, 0.2) is 0 Å². The topological polar surface area (TPSA) is 37.8 Å². The summed E-state index contributed by atoms with van der Waals surface area (Å²) in [6, 6.07) is 13.0. The fraction of sp³-hybridized carbons (Fsp3) is 0.182. The zero-order valence-corrected chi connectivity index (χ0v) is 16.2. The van der Waals surface area contributed by atoms with Gasteiger partial charge < -0.3 is 5.32 Å². The highest BCUT2D eigenvalue weighted by molar-refractivity contribution is 7.17. The van der Waals surface area contributed by atoms with Gasteiger partial charge in [0.25, 0.3) is 0 Å². The highest BCUT2D eigenvalue weighted by atomic mass is 32.1. The number of hydrogen-bond donors (Lipinski definition) is 1. The van der Waals surface area contributed by atoms with Gasteiger partial charge in [0, 0.05) is 16.6 Å². The fourth-order valence-corrected chi connectivity index (χ4v) is 4.15. The number of rotatable bonds is 3. The van der Waals surface area contributed by atoms with E-state index in [2.05, 4.69) is 84.8 Å². The largest absolute Gasteiger partial charge is 0.340 e. The van der Waals surface area contributed by atoms with Gasteiger partial charge in [-0.15, -0.1) is 11.3 Å². The first-order valence-corrected chi connectivity index (χ1v) is 9.55. The fourth-order valence-electron chi connectivity index (χ4n) is 3.24. The molecular weight excluding hydrogens is 338 g/mol. The average Bonchev–Trinajstić information content (AvgIpc) is 3.03. The molecule has 4 rings (SSSR count). The molecule has 1 N–H and O–H groups in total. The third-order valence-corrected chi connectivity index (χ3v) is 5.70. The number of thiophene rings is 1. The number of fused-ring (bicyclic) bond motifs is 1. The number of benzene rings is 2. The summed E-state index contributed by atoms with van der Waals surface area (Å²) in [6.45, 7) is 8.53. The van der Waals surface area contributed by atoms with Crippen LogP contribution in [0.2, 0.25) is 0 Å². The van der Waals surface area contributed by atoms with Crippen LogP contribution in [0.15, 0.2) is 48.1 Å². The number of hydrogen-bond acceptors (Lipinski definition) is 4. The summed E-state index contributed by atoms with van der Waals surface area (Å²) in [7, 11) is 0. The van der Waals surface area contributed by atoms with Crippen molar-refractivity contribution >= 4 is 33.1 Å². The van der Waals surface area contributed by atoms with Gasteiger partial charge in [0.1, 0.15) is 17.0 Å². The van der Waals surface area contributed by atoms with Crippen molar-refractivity contribution in [3.05, 3.63) is 70.4 Å². The van der Waals surface area contributed by atoms with Gasteiger partial charge in [-0.1, -0.05) is 29.8 Å². The zero-order valence-electron chi connectivity index (χ0n) is 15.4. The van der Waals surface area contributed by atoms with Crippen LogP contribution < -0.4 is 5.32 Å². The number of nitrogens with one attached hydrogen (secondary N) is 1. The lowest BCUT2D eigenvalue weighted by Gasteiger charge is -2.11. The Hall–Kier alpha value is -2.72. The predicted octanol–water partition coefficient (Wildman–Crippen LogP) is 6.34. The van der Waals surface area contributed by atoms with Gasteiger partial charge in [-0.05, 0) is 62.1 Å². The molecule has 0 unspecified atom stereocenters. The molecule has 0 aliphatic carbocycles. The molecule has 2 aromatic heterocycles. The molecule has 0 amide bonds. The van der Waals surface area contributed by atoms with Gasteiger partial charge >= 0.3 is 0 Å². The van der Waals surface area contributed by atoms with Crippen LogP contribution in [0.4, 0.5) is 11.5 Å². The minimum absolute atomic E-state index is 0.856. The van der Waals surface area contributed by atoms with Gasteiger partial charge in [0.05, 0.1) is 5.39 Å².